The van der Waals surface area contributed by atoms with Crippen molar-refractivity contribution >= 4 is 53.7 Å². The summed E-state index contributed by atoms with van der Waals surface area (Å²) in [7, 11) is 0. The maximum Gasteiger partial charge on any atom is 0.309 e. The van der Waals surface area contributed by atoms with Crippen LogP contribution < -0.4 is 0 Å². The maximum absolute atomic E-state index is 12.5. The number of aliphatic carboxylic acids is 1. The second-order valence-corrected chi connectivity index (χ2v) is 36.8. The number of unbranched alkanes of at least 4 members (excludes halogenated alkanes) is 7. The molecule has 30 heteroatoms. The van der Waals surface area contributed by atoms with Crippen LogP contribution in [0.3, 0.4) is 0 Å². The van der Waals surface area contributed by atoms with Crippen LogP contribution in [-0.2, 0) is 128 Å². The highest BCUT2D eigenvalue weighted by Gasteiger charge is 2.56. The van der Waals surface area contributed by atoms with Crippen molar-refractivity contribution in [2.24, 2.45) is 53.3 Å². The van der Waals surface area contributed by atoms with E-state index in [-0.39, 0.29) is 175 Å². The molecule has 10 rings (SSSR count). The number of hydrogen-bond acceptors (Lipinski definition) is 29. The second kappa shape index (κ2) is 64.0. The summed E-state index contributed by atoms with van der Waals surface area (Å²) in [5.41, 5.74) is 0. The Morgan fingerprint density at radius 1 is 0.208 bits per heavy atom. The predicted octanol–water partition coefficient (Wildman–Crippen LogP) is 16.2. The zero-order chi connectivity index (χ0) is 95.8. The summed E-state index contributed by atoms with van der Waals surface area (Å²) in [6, 6.07) is 0. The number of aliphatic hydroxyl groups is 2. The molecule has 10 heterocycles. The first-order valence-corrected chi connectivity index (χ1v) is 51.1. The third-order valence-corrected chi connectivity index (χ3v) is 27.1. The summed E-state index contributed by atoms with van der Waals surface area (Å²) >= 11 is 0. The highest BCUT2D eigenvalue weighted by molar-refractivity contribution is 5.76. The summed E-state index contributed by atoms with van der Waals surface area (Å²) in [5.74, 6) is -2.69. The van der Waals surface area contributed by atoms with E-state index in [0.717, 1.165) is 218 Å². The van der Waals surface area contributed by atoms with E-state index in [4.69, 9.17) is 101 Å². The monoisotopic (exact) mass is 1860 g/mol. The van der Waals surface area contributed by atoms with Crippen molar-refractivity contribution in [3.05, 3.63) is 0 Å². The van der Waals surface area contributed by atoms with Crippen LogP contribution in [0.25, 0.3) is 0 Å². The van der Waals surface area contributed by atoms with Gasteiger partial charge in [-0.05, 0) is 116 Å². The lowest BCUT2D eigenvalue weighted by atomic mass is 9.99. The minimum atomic E-state index is -0.643. The summed E-state index contributed by atoms with van der Waals surface area (Å²) in [4.78, 5) is 110. The topological polar surface area (TPSA) is 380 Å². The van der Waals surface area contributed by atoms with Gasteiger partial charge >= 0.3 is 53.7 Å². The molecule has 0 radical (unpaired) electrons. The Labute approximate surface area is 778 Å². The average Bonchev–Trinajstić information content (AvgIpc) is 1.65. The van der Waals surface area contributed by atoms with E-state index in [1.165, 1.54) is 0 Å². The van der Waals surface area contributed by atoms with Gasteiger partial charge in [-0.1, -0.05) is 227 Å². The summed E-state index contributed by atoms with van der Waals surface area (Å²) in [5, 5.41) is 26.9. The van der Waals surface area contributed by atoms with E-state index in [9.17, 15) is 43.2 Å². The predicted molar refractivity (Wildman–Crippen MR) is 487 cm³/mol. The van der Waals surface area contributed by atoms with Crippen molar-refractivity contribution in [1.82, 2.24) is 0 Å². The molecule has 130 heavy (non-hydrogen) atoms. The van der Waals surface area contributed by atoms with E-state index < -0.39 is 67.0 Å². The summed E-state index contributed by atoms with van der Waals surface area (Å²) in [6.07, 6.45) is 23.3. The van der Waals surface area contributed by atoms with Crippen molar-refractivity contribution in [2.45, 2.75) is 465 Å². The van der Waals surface area contributed by atoms with Crippen LogP contribution in [0.1, 0.15) is 343 Å². The van der Waals surface area contributed by atoms with E-state index in [2.05, 4.69) is 62.3 Å². The third-order valence-electron chi connectivity index (χ3n) is 27.1. The first-order chi connectivity index (χ1) is 62.7. The molecule has 0 amide bonds. The molecule has 10 fully saturated rings. The standard InChI is InChI=1S/2C22H38O6.2C21H36O6.C8H16O2.C6H10O4/c2*1-5-9-11-15(7-3)21(23)27-17-13-25-20-18(14-26-19(17)20)28-22(24)16(8-4)12-10-6-2;2*1-5-9-11-15(8-4)21(23)27-17-13-25-18-16(12-24-19(17)18)26-20(22)14(7-3)10-6-2;1-3-5-6-7(4-2)8(9)10;7-3-1-9-6-4(8)2-10-5(3)6/h2*15-20H,5-14H2,1-4H3;2*14-19H,5-13H2,1-4H3;7H,3-6H2,1-2H3,(H,9,10);3-8H,1-2H2/t15-,16+,17+,18-,19-,20-;15-,16-,17-,18+,19+,20+;14-,15+,16-,17+,18-,19-;14-,15-,16+,17-,18-,19-;;3-,4+,5-,6-/m1011.1/s1. The molecule has 0 spiro atoms. The van der Waals surface area contributed by atoms with Gasteiger partial charge in [-0.15, -0.1) is 0 Å². The van der Waals surface area contributed by atoms with E-state index in [1.807, 2.05) is 62.3 Å². The fourth-order valence-corrected chi connectivity index (χ4v) is 18.2. The Morgan fingerprint density at radius 2 is 0.346 bits per heavy atom. The quantitative estimate of drug-likeness (QED) is 0.0376. The Morgan fingerprint density at radius 3 is 0.477 bits per heavy atom. The van der Waals surface area contributed by atoms with Gasteiger partial charge in [0.25, 0.3) is 0 Å². The number of ether oxygens (including phenoxy) is 18. The van der Waals surface area contributed by atoms with Gasteiger partial charge in [0, 0.05) is 0 Å². The number of hydrogen-bond donors (Lipinski definition) is 3. The van der Waals surface area contributed by atoms with Gasteiger partial charge in [0.2, 0.25) is 0 Å². The SMILES string of the molecule is CCCCC(CC)C(=O)O.CCCC[C@@H](CC)C(=O)O[C@@H]1CO[C@H]2[C@@H]1OC[C@@H]2OC(=O)[C@H](CC)CCC.CCCC[C@@H](CC)C(=O)O[C@H]1CO[C@H]2[C@@H]1OC[C@H]2OC(=O)[C@@H](CC)CCCC.CCCC[C@H](CC)C(=O)O[C@H]1CO[C@H]2[C@@H]1OC[C@H]2OC(=O)[C@@H](CC)CCCC.CCCC[C@H](CC)C(=O)O[C@H]1CO[C@H]2[C@@H]1OC[C@H]2OC(=O)[C@H](CC)CCC.O[C@@H]1CO[C@H]2[C@@H]1OC[C@@H]2O. The zero-order valence-corrected chi connectivity index (χ0v) is 82.7. The lowest BCUT2D eigenvalue weighted by molar-refractivity contribution is -0.162. The lowest BCUT2D eigenvalue weighted by Crippen LogP contribution is -2.37. The van der Waals surface area contributed by atoms with Crippen LogP contribution in [-0.4, -0.2) is 257 Å². The number of esters is 8. The minimum absolute atomic E-state index is 0.0709. The van der Waals surface area contributed by atoms with Crippen LogP contribution >= 0.6 is 0 Å². The van der Waals surface area contributed by atoms with Crippen LogP contribution in [0, 0.1) is 53.3 Å². The Balaban J connectivity index is 0.000000286. The molecule has 29 atom stereocenters. The zero-order valence-electron chi connectivity index (χ0n) is 82.7. The molecule has 0 aromatic rings. The van der Waals surface area contributed by atoms with E-state index in [0.29, 0.717) is 52.9 Å². The molecule has 10 aliphatic heterocycles. The smallest absolute Gasteiger partial charge is 0.309 e. The van der Waals surface area contributed by atoms with Gasteiger partial charge in [-0.25, -0.2) is 0 Å². The van der Waals surface area contributed by atoms with Crippen molar-refractivity contribution in [3.63, 3.8) is 0 Å². The van der Waals surface area contributed by atoms with Gasteiger partial charge in [0.1, 0.15) is 73.2 Å². The number of carbonyl (C=O) groups excluding carboxylic acids is 8. The molecular weight excluding hydrogens is 1680 g/mol. The largest absolute Gasteiger partial charge is 0.481 e. The fraction of sp³-hybridized carbons (Fsp3) is 0.910. The Kier molecular flexibility index (Phi) is 56.7. The first-order valence-electron chi connectivity index (χ1n) is 51.1. The van der Waals surface area contributed by atoms with Crippen molar-refractivity contribution in [3.8, 4) is 0 Å². The van der Waals surface area contributed by atoms with Crippen molar-refractivity contribution in [1.29, 1.82) is 0 Å². The van der Waals surface area contributed by atoms with Crippen LogP contribution in [0.4, 0.5) is 0 Å². The molecule has 0 saturated carbocycles. The number of aliphatic hydroxyl groups excluding tert-OH is 2. The van der Waals surface area contributed by atoms with Gasteiger partial charge in [-0.3, -0.25) is 43.2 Å². The Bertz CT molecular complexity index is 2900. The number of carbonyl (C=O) groups is 9. The molecular formula is C100H174O30. The summed E-state index contributed by atoms with van der Waals surface area (Å²) < 4.78 is 102. The molecule has 0 aromatic carbocycles. The molecule has 3 N–H and O–H groups in total. The molecule has 754 valence electrons. The first kappa shape index (κ1) is 115. The molecule has 30 nitrogen and oxygen atoms in total. The van der Waals surface area contributed by atoms with Crippen LogP contribution in [0.15, 0.2) is 0 Å². The molecule has 0 bridgehead atoms. The number of carboxylic acid groups (broad SMARTS) is 1. The molecule has 0 aromatic heterocycles. The van der Waals surface area contributed by atoms with Crippen molar-refractivity contribution < 1.29 is 144 Å². The number of carboxylic acids is 1. The second-order valence-electron chi connectivity index (χ2n) is 36.8. The molecule has 1 unspecified atom stereocenters. The Hall–Kier alpha value is -5.25. The van der Waals surface area contributed by atoms with Gasteiger partial charge < -0.3 is 101 Å². The lowest BCUT2D eigenvalue weighted by Gasteiger charge is -2.21. The number of fused-ring (bicyclic) bond motifs is 5. The molecule has 10 aliphatic rings. The van der Waals surface area contributed by atoms with E-state index >= 15 is 0 Å². The summed E-state index contributed by atoms with van der Waals surface area (Å²) in [6.45, 7) is 39.9. The minimum Gasteiger partial charge on any atom is -0.481 e. The third kappa shape index (κ3) is 36.0. The van der Waals surface area contributed by atoms with Gasteiger partial charge in [0.05, 0.1) is 119 Å². The van der Waals surface area contributed by atoms with Crippen LogP contribution in [0.5, 0.6) is 0 Å². The highest BCUT2D eigenvalue weighted by Crippen LogP contribution is 2.39. The molecule has 0 aliphatic carbocycles. The molecule has 10 saturated heterocycles. The highest BCUT2D eigenvalue weighted by atomic mass is 16.7. The fourth-order valence-electron chi connectivity index (χ4n) is 18.2. The van der Waals surface area contributed by atoms with Gasteiger partial charge in [-0.2, -0.15) is 0 Å². The van der Waals surface area contributed by atoms with Crippen LogP contribution in [0.2, 0.25) is 0 Å². The van der Waals surface area contributed by atoms with E-state index in [1.54, 1.807) is 0 Å². The normalized spacial score (nSPS) is 29.5. The van der Waals surface area contributed by atoms with Crippen molar-refractivity contribution in [2.75, 3.05) is 66.1 Å². The maximum atomic E-state index is 12.5. The number of rotatable bonds is 51. The van der Waals surface area contributed by atoms with Gasteiger partial charge in [0.15, 0.2) is 48.8 Å². The average molecular weight is 1860 g/mol.